The maximum absolute atomic E-state index is 6.92. The van der Waals surface area contributed by atoms with Crippen molar-refractivity contribution in [3.05, 3.63) is 71.8 Å². The van der Waals surface area contributed by atoms with Crippen LogP contribution in [0, 0.1) is 0 Å². The van der Waals surface area contributed by atoms with E-state index in [0.717, 1.165) is 32.4 Å². The number of hydrogen-bond donors (Lipinski definition) is 0. The van der Waals surface area contributed by atoms with Crippen LogP contribution in [0.2, 0.25) is 0 Å². The van der Waals surface area contributed by atoms with Gasteiger partial charge in [-0.2, -0.15) is 0 Å². The molecule has 212 valence electrons. The Balaban J connectivity index is 1.71. The lowest BCUT2D eigenvalue weighted by Gasteiger charge is -2.43. The molecule has 0 unspecified atom stereocenters. The monoisotopic (exact) mass is 523 g/mol. The summed E-state index contributed by atoms with van der Waals surface area (Å²) in [6, 6.07) is 21.0. The van der Waals surface area contributed by atoms with Gasteiger partial charge in [0.25, 0.3) is 0 Å². The molecule has 0 radical (unpaired) electrons. The number of nitrogens with zero attached hydrogens (tertiary/aromatic N) is 1. The van der Waals surface area contributed by atoms with Crippen molar-refractivity contribution >= 4 is 0 Å². The first-order chi connectivity index (χ1) is 18.7. The highest BCUT2D eigenvalue weighted by Gasteiger charge is 2.52. The molecule has 0 saturated heterocycles. The molecule has 4 nitrogen and oxygen atoms in total. The summed E-state index contributed by atoms with van der Waals surface area (Å²) in [4.78, 5) is 2.46. The molecule has 0 amide bonds. The van der Waals surface area contributed by atoms with Crippen molar-refractivity contribution in [1.82, 2.24) is 4.90 Å². The Kier molecular flexibility index (Phi) is 14.4. The topological polar surface area (TPSA) is 30.9 Å². The Labute approximate surface area is 233 Å². The highest BCUT2D eigenvalue weighted by atomic mass is 16.6. The third-order valence-electron chi connectivity index (χ3n) is 7.97. The van der Waals surface area contributed by atoms with E-state index < -0.39 is 5.72 Å². The predicted molar refractivity (Wildman–Crippen MR) is 158 cm³/mol. The van der Waals surface area contributed by atoms with Gasteiger partial charge < -0.3 is 14.2 Å². The maximum Gasteiger partial charge on any atom is 0.150 e. The molecular weight excluding hydrogens is 470 g/mol. The van der Waals surface area contributed by atoms with E-state index in [2.05, 4.69) is 86.5 Å². The molecule has 0 aliphatic heterocycles. The summed E-state index contributed by atoms with van der Waals surface area (Å²) in [6.45, 7) is 7.58. The second-order valence-corrected chi connectivity index (χ2v) is 11.1. The molecule has 0 spiro atoms. The van der Waals surface area contributed by atoms with Crippen LogP contribution in [0.25, 0.3) is 0 Å². The van der Waals surface area contributed by atoms with Gasteiger partial charge >= 0.3 is 0 Å². The van der Waals surface area contributed by atoms with E-state index in [9.17, 15) is 0 Å². The van der Waals surface area contributed by atoms with Gasteiger partial charge in [-0.15, -0.1) is 0 Å². The SMILES string of the molecule is CCCCCCCO[C@]1(N(C)CCCCCCC)C[C@H](OCc2ccccc2)C[C@@H]1OCc1ccccc1. The van der Waals surface area contributed by atoms with Crippen molar-refractivity contribution < 1.29 is 14.2 Å². The highest BCUT2D eigenvalue weighted by Crippen LogP contribution is 2.41. The molecule has 0 bridgehead atoms. The normalized spacial score (nSPS) is 21.4. The third kappa shape index (κ3) is 10.1. The van der Waals surface area contributed by atoms with Gasteiger partial charge in [0.1, 0.15) is 11.8 Å². The van der Waals surface area contributed by atoms with Crippen molar-refractivity contribution in [1.29, 1.82) is 0 Å². The molecular formula is C34H53NO3. The van der Waals surface area contributed by atoms with Crippen LogP contribution in [-0.4, -0.2) is 43.0 Å². The number of benzene rings is 2. The van der Waals surface area contributed by atoms with Gasteiger partial charge in [-0.3, -0.25) is 4.90 Å². The zero-order valence-electron chi connectivity index (χ0n) is 24.4. The van der Waals surface area contributed by atoms with Gasteiger partial charge in [-0.05, 0) is 31.0 Å². The summed E-state index contributed by atoms with van der Waals surface area (Å²) in [6.07, 6.45) is 14.4. The van der Waals surface area contributed by atoms with E-state index in [-0.39, 0.29) is 12.2 Å². The smallest absolute Gasteiger partial charge is 0.150 e. The lowest BCUT2D eigenvalue weighted by Crippen LogP contribution is -2.55. The van der Waals surface area contributed by atoms with Crippen molar-refractivity contribution in [2.75, 3.05) is 20.2 Å². The van der Waals surface area contributed by atoms with Gasteiger partial charge in [0.2, 0.25) is 0 Å². The van der Waals surface area contributed by atoms with Crippen molar-refractivity contribution in [2.24, 2.45) is 0 Å². The molecule has 1 aliphatic rings. The molecule has 3 rings (SSSR count). The van der Waals surface area contributed by atoms with Crippen molar-refractivity contribution in [3.63, 3.8) is 0 Å². The molecule has 1 fully saturated rings. The van der Waals surface area contributed by atoms with Crippen LogP contribution in [-0.2, 0) is 27.4 Å². The van der Waals surface area contributed by atoms with Crippen LogP contribution in [0.3, 0.4) is 0 Å². The van der Waals surface area contributed by atoms with E-state index in [1.807, 2.05) is 0 Å². The molecule has 0 aromatic heterocycles. The molecule has 38 heavy (non-hydrogen) atoms. The number of unbranched alkanes of at least 4 members (excludes halogenated alkanes) is 8. The molecule has 4 heteroatoms. The van der Waals surface area contributed by atoms with E-state index in [4.69, 9.17) is 14.2 Å². The van der Waals surface area contributed by atoms with Crippen LogP contribution in [0.5, 0.6) is 0 Å². The molecule has 3 atom stereocenters. The molecule has 0 N–H and O–H groups in total. The van der Waals surface area contributed by atoms with E-state index >= 15 is 0 Å². The largest absolute Gasteiger partial charge is 0.373 e. The Morgan fingerprint density at radius 2 is 1.26 bits per heavy atom. The number of likely N-dealkylation sites (N-methyl/N-ethyl adjacent to an activating group) is 1. The fourth-order valence-corrected chi connectivity index (χ4v) is 5.61. The molecule has 1 saturated carbocycles. The average molecular weight is 524 g/mol. The Morgan fingerprint density at radius 1 is 0.711 bits per heavy atom. The zero-order valence-corrected chi connectivity index (χ0v) is 24.4. The zero-order chi connectivity index (χ0) is 26.9. The predicted octanol–water partition coefficient (Wildman–Crippen LogP) is 8.54. The summed E-state index contributed by atoms with van der Waals surface area (Å²) < 4.78 is 20.1. The molecule has 0 heterocycles. The molecule has 2 aromatic rings. The summed E-state index contributed by atoms with van der Waals surface area (Å²) in [7, 11) is 2.25. The Morgan fingerprint density at radius 3 is 1.87 bits per heavy atom. The highest BCUT2D eigenvalue weighted by molar-refractivity contribution is 5.15. The van der Waals surface area contributed by atoms with Crippen molar-refractivity contribution in [3.8, 4) is 0 Å². The fourth-order valence-electron chi connectivity index (χ4n) is 5.61. The third-order valence-corrected chi connectivity index (χ3v) is 7.97. The minimum absolute atomic E-state index is 0.0280. The lowest BCUT2D eigenvalue weighted by molar-refractivity contribution is -0.211. The average Bonchev–Trinajstić information content (AvgIpc) is 3.32. The summed E-state index contributed by atoms with van der Waals surface area (Å²) in [5.41, 5.74) is 1.97. The lowest BCUT2D eigenvalue weighted by atomic mass is 10.1. The van der Waals surface area contributed by atoms with Crippen LogP contribution in [0.15, 0.2) is 60.7 Å². The van der Waals surface area contributed by atoms with Gasteiger partial charge in [0.15, 0.2) is 0 Å². The van der Waals surface area contributed by atoms with Crippen LogP contribution < -0.4 is 0 Å². The van der Waals surface area contributed by atoms with Gasteiger partial charge in [-0.1, -0.05) is 126 Å². The van der Waals surface area contributed by atoms with E-state index in [1.165, 1.54) is 68.9 Å². The second kappa shape index (κ2) is 17.8. The minimum Gasteiger partial charge on any atom is -0.373 e. The number of rotatable bonds is 20. The first kappa shape index (κ1) is 30.8. The summed E-state index contributed by atoms with van der Waals surface area (Å²) in [5, 5.41) is 0. The first-order valence-electron chi connectivity index (χ1n) is 15.3. The number of hydrogen-bond acceptors (Lipinski definition) is 4. The fraction of sp³-hybridized carbons (Fsp3) is 0.647. The van der Waals surface area contributed by atoms with E-state index in [0.29, 0.717) is 13.2 Å². The quantitative estimate of drug-likeness (QED) is 0.128. The summed E-state index contributed by atoms with van der Waals surface area (Å²) in [5.74, 6) is 0. The maximum atomic E-state index is 6.92. The van der Waals surface area contributed by atoms with E-state index in [1.54, 1.807) is 0 Å². The van der Waals surface area contributed by atoms with Crippen LogP contribution in [0.1, 0.15) is 102 Å². The van der Waals surface area contributed by atoms with Gasteiger partial charge in [0, 0.05) is 26.0 Å². The van der Waals surface area contributed by atoms with Crippen molar-refractivity contribution in [2.45, 2.75) is 122 Å². The first-order valence-corrected chi connectivity index (χ1v) is 15.3. The minimum atomic E-state index is -0.453. The van der Waals surface area contributed by atoms with Gasteiger partial charge in [0.05, 0.1) is 19.3 Å². The second-order valence-electron chi connectivity index (χ2n) is 11.1. The Bertz CT molecular complexity index is 845. The van der Waals surface area contributed by atoms with Crippen LogP contribution >= 0.6 is 0 Å². The van der Waals surface area contributed by atoms with Gasteiger partial charge in [-0.25, -0.2) is 0 Å². The molecule has 2 aromatic carbocycles. The standard InChI is InChI=1S/C34H53NO3/c1-4-6-8-10-18-24-35(3)34(38-25-19-11-9-7-5-2)27-32(36-28-30-20-14-12-15-21-30)26-33(34)37-29-31-22-16-13-17-23-31/h12-17,20-23,32-33H,4-11,18-19,24-29H2,1-3H3/t32-,33+,34-/m1/s1. The Hall–Kier alpha value is -1.72. The van der Waals surface area contributed by atoms with Crippen LogP contribution in [0.4, 0.5) is 0 Å². The number of ether oxygens (including phenoxy) is 3. The molecule has 1 aliphatic carbocycles. The summed E-state index contributed by atoms with van der Waals surface area (Å²) >= 11 is 0.